The summed E-state index contributed by atoms with van der Waals surface area (Å²) in [5, 5.41) is 7.31. The number of rotatable bonds is 5. The van der Waals surface area contributed by atoms with Gasteiger partial charge in [0.2, 0.25) is 0 Å². The lowest BCUT2D eigenvalue weighted by atomic mass is 9.99. The van der Waals surface area contributed by atoms with Crippen LogP contribution >= 0.6 is 11.3 Å². The minimum absolute atomic E-state index is 0.922. The Kier molecular flexibility index (Phi) is 6.39. The topological polar surface area (TPSA) is 16.4 Å². The van der Waals surface area contributed by atoms with Crippen molar-refractivity contribution in [3.05, 3.63) is 176 Å². The van der Waals surface area contributed by atoms with Crippen LogP contribution in [0.15, 0.2) is 180 Å². The third kappa shape index (κ3) is 4.78. The molecule has 0 fully saturated rings. The normalized spacial score (nSPS) is 11.7. The van der Waals surface area contributed by atoms with Crippen molar-refractivity contribution >= 4 is 81.3 Å². The first-order valence-electron chi connectivity index (χ1n) is 16.6. The van der Waals surface area contributed by atoms with Crippen LogP contribution in [0, 0.1) is 0 Å². The second kappa shape index (κ2) is 11.2. The number of furan rings is 1. The maximum Gasteiger partial charge on any atom is 0.136 e. The molecule has 0 atom stereocenters. The lowest BCUT2D eigenvalue weighted by Crippen LogP contribution is -2.09. The monoisotopic (exact) mass is 643 g/mol. The molecule has 0 bridgehead atoms. The summed E-state index contributed by atoms with van der Waals surface area (Å²) in [6, 6.07) is 63.3. The summed E-state index contributed by atoms with van der Waals surface area (Å²) < 4.78 is 8.81. The van der Waals surface area contributed by atoms with Crippen molar-refractivity contribution in [2.24, 2.45) is 0 Å². The van der Waals surface area contributed by atoms with Gasteiger partial charge in [-0.05, 0) is 99.8 Å². The van der Waals surface area contributed by atoms with E-state index in [2.05, 4.69) is 169 Å². The molecule has 0 N–H and O–H groups in total. The van der Waals surface area contributed by atoms with Gasteiger partial charge in [-0.2, -0.15) is 0 Å². The molecular weight excluding hydrogens is 615 g/mol. The molecule has 10 aromatic rings. The summed E-state index contributed by atoms with van der Waals surface area (Å²) in [6.45, 7) is 0. The number of hydrogen-bond acceptors (Lipinski definition) is 3. The summed E-state index contributed by atoms with van der Waals surface area (Å²) >= 11 is 1.85. The Morgan fingerprint density at radius 2 is 0.959 bits per heavy atom. The highest BCUT2D eigenvalue weighted by atomic mass is 32.1. The largest absolute Gasteiger partial charge is 0.456 e. The van der Waals surface area contributed by atoms with Crippen LogP contribution in [-0.4, -0.2) is 0 Å². The molecule has 0 aliphatic rings. The number of para-hydroxylation sites is 1. The van der Waals surface area contributed by atoms with Crippen LogP contribution in [0.5, 0.6) is 0 Å². The first-order chi connectivity index (χ1) is 24.2. The van der Waals surface area contributed by atoms with Gasteiger partial charge in [0.25, 0.3) is 0 Å². The predicted molar refractivity (Wildman–Crippen MR) is 210 cm³/mol. The predicted octanol–water partition coefficient (Wildman–Crippen LogP) is 13.9. The summed E-state index contributed by atoms with van der Waals surface area (Å²) in [5.41, 5.74) is 9.99. The van der Waals surface area contributed by atoms with Crippen LogP contribution in [-0.2, 0) is 0 Å². The van der Waals surface area contributed by atoms with Crippen LogP contribution in [0.3, 0.4) is 0 Å². The molecule has 0 aliphatic heterocycles. The number of anilines is 3. The fourth-order valence-electron chi connectivity index (χ4n) is 7.19. The highest BCUT2D eigenvalue weighted by Crippen LogP contribution is 2.42. The second-order valence-corrected chi connectivity index (χ2v) is 13.7. The fraction of sp³-hybridized carbons (Fsp3) is 0. The Balaban J connectivity index is 1.05. The number of fused-ring (bicyclic) bond motifs is 7. The van der Waals surface area contributed by atoms with Gasteiger partial charge in [-0.25, -0.2) is 0 Å². The highest BCUT2D eigenvalue weighted by molar-refractivity contribution is 7.25. The van der Waals surface area contributed by atoms with E-state index in [1.54, 1.807) is 0 Å². The van der Waals surface area contributed by atoms with Crippen molar-refractivity contribution in [3.8, 4) is 22.3 Å². The highest BCUT2D eigenvalue weighted by Gasteiger charge is 2.16. The SMILES string of the molecule is c1ccc(-c2ccc(N(c3ccc(-c4ccc5cc6c(cc5c4)oc4ccccc46)cc3)c3ccc4c(c3)sc3ccccc34)cc2)cc1. The van der Waals surface area contributed by atoms with Crippen molar-refractivity contribution in [3.63, 3.8) is 0 Å². The maximum absolute atomic E-state index is 6.20. The fourth-order valence-corrected chi connectivity index (χ4v) is 8.32. The zero-order valence-electron chi connectivity index (χ0n) is 26.5. The van der Waals surface area contributed by atoms with Gasteiger partial charge in [0.15, 0.2) is 0 Å². The molecule has 0 unspecified atom stereocenters. The molecule has 2 nitrogen and oxygen atoms in total. The van der Waals surface area contributed by atoms with E-state index < -0.39 is 0 Å². The molecule has 8 aromatic carbocycles. The third-order valence-electron chi connectivity index (χ3n) is 9.65. The summed E-state index contributed by atoms with van der Waals surface area (Å²) in [7, 11) is 0. The molecule has 0 saturated heterocycles. The molecular formula is C46H29NOS. The van der Waals surface area contributed by atoms with Crippen LogP contribution in [0.25, 0.3) is 75.1 Å². The average molecular weight is 644 g/mol. The van der Waals surface area contributed by atoms with E-state index in [1.165, 1.54) is 53.2 Å². The molecule has 2 aromatic heterocycles. The van der Waals surface area contributed by atoms with Crippen molar-refractivity contribution in [2.75, 3.05) is 4.90 Å². The number of hydrogen-bond donors (Lipinski definition) is 0. The van der Waals surface area contributed by atoms with Gasteiger partial charge in [0.1, 0.15) is 11.2 Å². The van der Waals surface area contributed by atoms with Gasteiger partial charge in [-0.1, -0.05) is 109 Å². The Bertz CT molecular complexity index is 2810. The molecule has 49 heavy (non-hydrogen) atoms. The molecule has 0 amide bonds. The van der Waals surface area contributed by atoms with E-state index in [9.17, 15) is 0 Å². The van der Waals surface area contributed by atoms with E-state index in [1.807, 2.05) is 23.5 Å². The van der Waals surface area contributed by atoms with Crippen molar-refractivity contribution in [2.45, 2.75) is 0 Å². The van der Waals surface area contributed by atoms with E-state index >= 15 is 0 Å². The molecule has 3 heteroatoms. The minimum atomic E-state index is 0.922. The van der Waals surface area contributed by atoms with Crippen LogP contribution in [0.4, 0.5) is 17.1 Å². The van der Waals surface area contributed by atoms with Gasteiger partial charge < -0.3 is 9.32 Å². The third-order valence-corrected chi connectivity index (χ3v) is 10.8. The van der Waals surface area contributed by atoms with Crippen molar-refractivity contribution in [1.82, 2.24) is 0 Å². The Morgan fingerprint density at radius 1 is 0.347 bits per heavy atom. The van der Waals surface area contributed by atoms with Gasteiger partial charge in [0.05, 0.1) is 0 Å². The molecule has 0 aliphatic carbocycles. The summed E-state index contributed by atoms with van der Waals surface area (Å²) in [5.74, 6) is 0. The summed E-state index contributed by atoms with van der Waals surface area (Å²) in [4.78, 5) is 2.36. The van der Waals surface area contributed by atoms with Gasteiger partial charge in [-0.15, -0.1) is 11.3 Å². The number of nitrogens with zero attached hydrogens (tertiary/aromatic N) is 1. The lowest BCUT2D eigenvalue weighted by Gasteiger charge is -2.26. The van der Waals surface area contributed by atoms with Gasteiger partial charge >= 0.3 is 0 Å². The van der Waals surface area contributed by atoms with Gasteiger partial charge in [0, 0.05) is 48.0 Å². The molecule has 230 valence electrons. The van der Waals surface area contributed by atoms with Crippen LogP contribution in [0.1, 0.15) is 0 Å². The first kappa shape index (κ1) is 27.9. The Hall–Kier alpha value is -6.16. The first-order valence-corrected chi connectivity index (χ1v) is 17.4. The minimum Gasteiger partial charge on any atom is -0.456 e. The standard InChI is InChI=1S/C46H29NOS/c1-2-8-30(9-3-1)31-16-20-36(21-17-31)47(38-24-25-41-40-11-5-7-13-45(40)49-46(41)29-38)37-22-18-32(19-23-37)33-14-15-34-27-42-39-10-4-6-12-43(39)48-44(42)28-35(34)26-33/h1-29H. The van der Waals surface area contributed by atoms with E-state index in [0.717, 1.165) is 39.0 Å². The number of thiophene rings is 1. The smallest absolute Gasteiger partial charge is 0.136 e. The zero-order chi connectivity index (χ0) is 32.3. The van der Waals surface area contributed by atoms with E-state index in [-0.39, 0.29) is 0 Å². The Morgan fingerprint density at radius 3 is 1.76 bits per heavy atom. The second-order valence-electron chi connectivity index (χ2n) is 12.6. The quantitative estimate of drug-likeness (QED) is 0.186. The Labute approximate surface area is 287 Å². The molecule has 0 spiro atoms. The van der Waals surface area contributed by atoms with E-state index in [4.69, 9.17) is 4.42 Å². The van der Waals surface area contributed by atoms with E-state index in [0.29, 0.717) is 0 Å². The van der Waals surface area contributed by atoms with Crippen LogP contribution in [0.2, 0.25) is 0 Å². The average Bonchev–Trinajstić information content (AvgIpc) is 3.72. The molecule has 0 saturated carbocycles. The van der Waals surface area contributed by atoms with Crippen LogP contribution < -0.4 is 4.90 Å². The molecule has 0 radical (unpaired) electrons. The van der Waals surface area contributed by atoms with Crippen molar-refractivity contribution < 1.29 is 4.42 Å². The molecule has 10 rings (SSSR count). The maximum atomic E-state index is 6.20. The lowest BCUT2D eigenvalue weighted by molar-refractivity contribution is 0.669. The van der Waals surface area contributed by atoms with Crippen molar-refractivity contribution in [1.29, 1.82) is 0 Å². The zero-order valence-corrected chi connectivity index (χ0v) is 27.3. The number of benzene rings is 8. The summed E-state index contributed by atoms with van der Waals surface area (Å²) in [6.07, 6.45) is 0. The van der Waals surface area contributed by atoms with Gasteiger partial charge in [-0.3, -0.25) is 0 Å². The molecule has 2 heterocycles.